The molecule has 0 saturated carbocycles. The van der Waals surface area contributed by atoms with Crippen molar-refractivity contribution in [3.8, 4) is 11.5 Å². The molecular formula is C19H19ClO3. The van der Waals surface area contributed by atoms with Gasteiger partial charge in [-0.05, 0) is 49.2 Å². The Labute approximate surface area is 141 Å². The second kappa shape index (κ2) is 8.39. The van der Waals surface area contributed by atoms with E-state index in [0.717, 1.165) is 23.3 Å². The summed E-state index contributed by atoms with van der Waals surface area (Å²) in [7, 11) is 0. The molecule has 0 aliphatic heterocycles. The van der Waals surface area contributed by atoms with E-state index >= 15 is 0 Å². The van der Waals surface area contributed by atoms with Crippen LogP contribution in [0.3, 0.4) is 0 Å². The van der Waals surface area contributed by atoms with Gasteiger partial charge < -0.3 is 9.47 Å². The van der Waals surface area contributed by atoms with Crippen molar-refractivity contribution in [1.82, 2.24) is 0 Å². The topological polar surface area (TPSA) is 35.5 Å². The Hall–Kier alpha value is -2.26. The van der Waals surface area contributed by atoms with Gasteiger partial charge in [-0.15, -0.1) is 0 Å². The van der Waals surface area contributed by atoms with Gasteiger partial charge in [0.15, 0.2) is 0 Å². The first kappa shape index (κ1) is 17.1. The van der Waals surface area contributed by atoms with Crippen LogP contribution in [-0.4, -0.2) is 12.6 Å². The number of aryl methyl sites for hydroxylation is 1. The number of ether oxygens (including phenoxy) is 2. The highest BCUT2D eigenvalue weighted by molar-refractivity contribution is 6.31. The zero-order chi connectivity index (χ0) is 16.7. The maximum Gasteiger partial charge on any atom is 0.336 e. The first-order valence-electron chi connectivity index (χ1n) is 7.48. The summed E-state index contributed by atoms with van der Waals surface area (Å²) in [5.41, 5.74) is 1.70. The molecule has 2 aromatic rings. The van der Waals surface area contributed by atoms with Gasteiger partial charge in [0.2, 0.25) is 0 Å². The standard InChI is InChI=1S/C19H19ClO3/c1-3-12-22-18-7-5-4-6-15(18)8-11-19(21)23-16-9-10-17(20)14(2)13-16/h4-11,13H,3,12H2,1-2H3/b11-8+. The van der Waals surface area contributed by atoms with E-state index in [2.05, 4.69) is 0 Å². The molecule has 2 aromatic carbocycles. The average Bonchev–Trinajstić information content (AvgIpc) is 2.55. The van der Waals surface area contributed by atoms with Gasteiger partial charge in [-0.25, -0.2) is 4.79 Å². The highest BCUT2D eigenvalue weighted by Crippen LogP contribution is 2.22. The molecule has 120 valence electrons. The van der Waals surface area contributed by atoms with E-state index in [4.69, 9.17) is 21.1 Å². The molecule has 0 radical (unpaired) electrons. The van der Waals surface area contributed by atoms with Crippen LogP contribution in [0.5, 0.6) is 11.5 Å². The third-order valence-corrected chi connectivity index (χ3v) is 3.55. The largest absolute Gasteiger partial charge is 0.493 e. The van der Waals surface area contributed by atoms with Crippen LogP contribution in [0.2, 0.25) is 5.02 Å². The predicted molar refractivity (Wildman–Crippen MR) is 93.1 cm³/mol. The Morgan fingerprint density at radius 2 is 2.00 bits per heavy atom. The highest BCUT2D eigenvalue weighted by Gasteiger charge is 2.04. The molecule has 0 bridgehead atoms. The third kappa shape index (κ3) is 5.15. The second-order valence-electron chi connectivity index (χ2n) is 5.05. The van der Waals surface area contributed by atoms with Crippen LogP contribution >= 0.6 is 11.6 Å². The van der Waals surface area contributed by atoms with Crippen molar-refractivity contribution in [3.63, 3.8) is 0 Å². The summed E-state index contributed by atoms with van der Waals surface area (Å²) in [5, 5.41) is 0.641. The summed E-state index contributed by atoms with van der Waals surface area (Å²) in [6.45, 7) is 4.54. The molecule has 2 rings (SSSR count). The molecule has 0 spiro atoms. The molecule has 0 amide bonds. The van der Waals surface area contributed by atoms with Gasteiger partial charge >= 0.3 is 5.97 Å². The molecule has 0 aliphatic rings. The summed E-state index contributed by atoms with van der Waals surface area (Å²) in [6.07, 6.45) is 4.00. The number of carbonyl (C=O) groups is 1. The number of hydrogen-bond acceptors (Lipinski definition) is 3. The van der Waals surface area contributed by atoms with Crippen LogP contribution in [0.15, 0.2) is 48.5 Å². The summed E-state index contributed by atoms with van der Waals surface area (Å²) < 4.78 is 10.9. The first-order chi connectivity index (χ1) is 11.1. The molecule has 0 atom stereocenters. The number of halogens is 1. The maximum atomic E-state index is 11.9. The number of benzene rings is 2. The Balaban J connectivity index is 2.04. The molecule has 0 saturated heterocycles. The van der Waals surface area contributed by atoms with Crippen molar-refractivity contribution in [2.24, 2.45) is 0 Å². The summed E-state index contributed by atoms with van der Waals surface area (Å²) >= 11 is 5.95. The predicted octanol–water partition coefficient (Wildman–Crippen LogP) is 5.06. The van der Waals surface area contributed by atoms with Gasteiger partial charge in [0.25, 0.3) is 0 Å². The smallest absolute Gasteiger partial charge is 0.336 e. The van der Waals surface area contributed by atoms with E-state index < -0.39 is 5.97 Å². The number of carbonyl (C=O) groups excluding carboxylic acids is 1. The zero-order valence-corrected chi connectivity index (χ0v) is 14.0. The first-order valence-corrected chi connectivity index (χ1v) is 7.86. The van der Waals surface area contributed by atoms with Crippen molar-refractivity contribution < 1.29 is 14.3 Å². The van der Waals surface area contributed by atoms with E-state index in [0.29, 0.717) is 17.4 Å². The third-order valence-electron chi connectivity index (χ3n) is 3.13. The number of para-hydroxylation sites is 1. The lowest BCUT2D eigenvalue weighted by Crippen LogP contribution is -2.04. The minimum Gasteiger partial charge on any atom is -0.493 e. The van der Waals surface area contributed by atoms with Crippen LogP contribution in [0, 0.1) is 6.92 Å². The zero-order valence-electron chi connectivity index (χ0n) is 13.2. The number of esters is 1. The van der Waals surface area contributed by atoms with Gasteiger partial charge in [0.1, 0.15) is 11.5 Å². The Morgan fingerprint density at radius 3 is 2.74 bits per heavy atom. The fraction of sp³-hybridized carbons (Fsp3) is 0.211. The fourth-order valence-corrected chi connectivity index (χ4v) is 2.07. The molecular weight excluding hydrogens is 312 g/mol. The van der Waals surface area contributed by atoms with Crippen molar-refractivity contribution in [2.45, 2.75) is 20.3 Å². The molecule has 3 nitrogen and oxygen atoms in total. The second-order valence-corrected chi connectivity index (χ2v) is 5.46. The lowest BCUT2D eigenvalue weighted by atomic mass is 10.2. The highest BCUT2D eigenvalue weighted by atomic mass is 35.5. The maximum absolute atomic E-state index is 11.9. The average molecular weight is 331 g/mol. The lowest BCUT2D eigenvalue weighted by molar-refractivity contribution is -0.128. The van der Waals surface area contributed by atoms with Gasteiger partial charge in [-0.2, -0.15) is 0 Å². The molecule has 0 unspecified atom stereocenters. The Morgan fingerprint density at radius 1 is 1.22 bits per heavy atom. The van der Waals surface area contributed by atoms with E-state index in [1.165, 1.54) is 6.08 Å². The van der Waals surface area contributed by atoms with Crippen LogP contribution in [0.25, 0.3) is 6.08 Å². The molecule has 4 heteroatoms. The van der Waals surface area contributed by atoms with Gasteiger partial charge in [0.05, 0.1) is 6.61 Å². The van der Waals surface area contributed by atoms with Gasteiger partial charge in [-0.3, -0.25) is 0 Å². The van der Waals surface area contributed by atoms with Crippen LogP contribution < -0.4 is 9.47 Å². The minimum atomic E-state index is -0.447. The Kier molecular flexibility index (Phi) is 6.24. The molecule has 0 heterocycles. The normalized spacial score (nSPS) is 10.7. The molecule has 0 N–H and O–H groups in total. The van der Waals surface area contributed by atoms with Crippen molar-refractivity contribution in [2.75, 3.05) is 6.61 Å². The molecule has 0 fully saturated rings. The van der Waals surface area contributed by atoms with Crippen molar-refractivity contribution in [1.29, 1.82) is 0 Å². The van der Waals surface area contributed by atoms with E-state index in [9.17, 15) is 4.79 Å². The number of hydrogen-bond donors (Lipinski definition) is 0. The minimum absolute atomic E-state index is 0.447. The fourth-order valence-electron chi connectivity index (χ4n) is 1.95. The summed E-state index contributed by atoms with van der Waals surface area (Å²) in [6, 6.07) is 12.7. The van der Waals surface area contributed by atoms with Crippen LogP contribution in [0.1, 0.15) is 24.5 Å². The van der Waals surface area contributed by atoms with E-state index in [-0.39, 0.29) is 0 Å². The van der Waals surface area contributed by atoms with Crippen LogP contribution in [0.4, 0.5) is 0 Å². The van der Waals surface area contributed by atoms with E-state index in [1.807, 2.05) is 38.1 Å². The SMILES string of the molecule is CCCOc1ccccc1/C=C/C(=O)Oc1ccc(Cl)c(C)c1. The van der Waals surface area contributed by atoms with Crippen LogP contribution in [-0.2, 0) is 4.79 Å². The molecule has 23 heavy (non-hydrogen) atoms. The monoisotopic (exact) mass is 330 g/mol. The number of rotatable bonds is 6. The lowest BCUT2D eigenvalue weighted by Gasteiger charge is -2.07. The summed E-state index contributed by atoms with van der Waals surface area (Å²) in [4.78, 5) is 11.9. The Bertz CT molecular complexity index is 708. The summed E-state index contributed by atoms with van der Waals surface area (Å²) in [5.74, 6) is 0.773. The van der Waals surface area contributed by atoms with Crippen molar-refractivity contribution in [3.05, 3.63) is 64.7 Å². The van der Waals surface area contributed by atoms with Crippen molar-refractivity contribution >= 4 is 23.6 Å². The van der Waals surface area contributed by atoms with E-state index in [1.54, 1.807) is 24.3 Å². The molecule has 0 aliphatic carbocycles. The van der Waals surface area contributed by atoms with Gasteiger partial charge in [-0.1, -0.05) is 36.7 Å². The quantitative estimate of drug-likeness (QED) is 0.422. The van der Waals surface area contributed by atoms with Gasteiger partial charge in [0, 0.05) is 16.7 Å². The molecule has 0 aromatic heterocycles.